The minimum atomic E-state index is -0.0116. The van der Waals surface area contributed by atoms with Gasteiger partial charge in [-0.2, -0.15) is 0 Å². The molecule has 1 fully saturated rings. The molecule has 0 aliphatic carbocycles. The molecule has 29 heavy (non-hydrogen) atoms. The van der Waals surface area contributed by atoms with E-state index in [0.717, 1.165) is 0 Å². The minimum absolute atomic E-state index is 0.0116. The molecule has 0 unspecified atom stereocenters. The van der Waals surface area contributed by atoms with E-state index in [9.17, 15) is 4.79 Å². The maximum Gasteiger partial charge on any atom is 0.254 e. The topological polar surface area (TPSA) is 102 Å². The van der Waals surface area contributed by atoms with Crippen LogP contribution in [-0.2, 0) is 13.2 Å². The van der Waals surface area contributed by atoms with Gasteiger partial charge in [-0.15, -0.1) is 5.10 Å². The number of piperazine rings is 1. The van der Waals surface area contributed by atoms with Crippen LogP contribution in [0.3, 0.4) is 0 Å². The number of benzene rings is 1. The monoisotopic (exact) mass is 394 g/mol. The minimum Gasteiger partial charge on any atom is -0.486 e. The van der Waals surface area contributed by atoms with Gasteiger partial charge in [0, 0.05) is 50.7 Å². The van der Waals surface area contributed by atoms with Crippen LogP contribution in [0.15, 0.2) is 42.7 Å². The fourth-order valence-electron chi connectivity index (χ4n) is 3.19. The maximum atomic E-state index is 12.9. The average molecular weight is 394 g/mol. The van der Waals surface area contributed by atoms with Gasteiger partial charge in [-0.3, -0.25) is 4.79 Å². The van der Waals surface area contributed by atoms with Crippen LogP contribution >= 0.6 is 0 Å². The van der Waals surface area contributed by atoms with E-state index in [4.69, 9.17) is 4.74 Å². The van der Waals surface area contributed by atoms with E-state index in [1.54, 1.807) is 35.3 Å². The second-order valence-corrected chi connectivity index (χ2v) is 6.56. The van der Waals surface area contributed by atoms with Gasteiger partial charge in [-0.25, -0.2) is 14.6 Å². The zero-order valence-corrected chi connectivity index (χ0v) is 16.2. The number of hydrogen-bond acceptors (Lipinski definition) is 8. The standard InChI is InChI=1S/C19H22N8O2/c1-2-27-17(22-23-24-27)14-29-16-6-3-5-15(13-16)18(28)25-9-11-26(12-10-25)19-20-7-4-8-21-19/h3-8,13H,2,9-12,14H2,1H3. The van der Waals surface area contributed by atoms with Crippen molar-refractivity contribution in [3.63, 3.8) is 0 Å². The first-order valence-electron chi connectivity index (χ1n) is 9.53. The molecule has 1 aliphatic heterocycles. The molecule has 1 aromatic carbocycles. The molecule has 3 aromatic rings. The van der Waals surface area contributed by atoms with E-state index in [2.05, 4.69) is 30.4 Å². The Kier molecular flexibility index (Phi) is 5.59. The SMILES string of the molecule is CCn1nnnc1COc1cccc(C(=O)N2CCN(c3ncccn3)CC2)c1. The molecule has 1 saturated heterocycles. The van der Waals surface area contributed by atoms with Crippen molar-refractivity contribution in [2.75, 3.05) is 31.1 Å². The Morgan fingerprint density at radius 3 is 2.66 bits per heavy atom. The summed E-state index contributed by atoms with van der Waals surface area (Å²) in [6.45, 7) is 5.51. The lowest BCUT2D eigenvalue weighted by atomic mass is 10.1. The van der Waals surface area contributed by atoms with E-state index >= 15 is 0 Å². The van der Waals surface area contributed by atoms with Crippen molar-refractivity contribution < 1.29 is 9.53 Å². The van der Waals surface area contributed by atoms with Crippen molar-refractivity contribution in [2.24, 2.45) is 0 Å². The molecule has 0 spiro atoms. The molecule has 1 aliphatic rings. The predicted octanol–water partition coefficient (Wildman–Crippen LogP) is 1.02. The van der Waals surface area contributed by atoms with Crippen LogP contribution in [0.25, 0.3) is 0 Å². The summed E-state index contributed by atoms with van der Waals surface area (Å²) in [4.78, 5) is 25.4. The maximum absolute atomic E-state index is 12.9. The zero-order chi connectivity index (χ0) is 20.1. The molecule has 10 nitrogen and oxygen atoms in total. The van der Waals surface area contributed by atoms with Crippen LogP contribution < -0.4 is 9.64 Å². The van der Waals surface area contributed by atoms with Crippen LogP contribution in [0, 0.1) is 0 Å². The summed E-state index contributed by atoms with van der Waals surface area (Å²) in [5.41, 5.74) is 0.599. The first-order valence-corrected chi connectivity index (χ1v) is 9.53. The van der Waals surface area contributed by atoms with Crippen molar-refractivity contribution >= 4 is 11.9 Å². The van der Waals surface area contributed by atoms with E-state index in [1.165, 1.54) is 0 Å². The third-order valence-corrected chi connectivity index (χ3v) is 4.76. The second kappa shape index (κ2) is 8.63. The number of amides is 1. The first-order chi connectivity index (χ1) is 14.2. The molecule has 1 amide bonds. The summed E-state index contributed by atoms with van der Waals surface area (Å²) < 4.78 is 7.46. The Bertz CT molecular complexity index is 954. The third kappa shape index (κ3) is 4.31. The summed E-state index contributed by atoms with van der Waals surface area (Å²) in [5, 5.41) is 11.5. The van der Waals surface area contributed by atoms with Crippen LogP contribution in [0.4, 0.5) is 5.95 Å². The highest BCUT2D eigenvalue weighted by molar-refractivity contribution is 5.94. The molecule has 0 saturated carbocycles. The Morgan fingerprint density at radius 2 is 1.90 bits per heavy atom. The van der Waals surface area contributed by atoms with Crippen molar-refractivity contribution in [1.29, 1.82) is 0 Å². The number of ether oxygens (including phenoxy) is 1. The van der Waals surface area contributed by atoms with Gasteiger partial charge < -0.3 is 14.5 Å². The number of carbonyl (C=O) groups is 1. The number of carbonyl (C=O) groups excluding carboxylic acids is 1. The summed E-state index contributed by atoms with van der Waals surface area (Å²) >= 11 is 0. The van der Waals surface area contributed by atoms with Gasteiger partial charge in [0.2, 0.25) is 5.95 Å². The largest absolute Gasteiger partial charge is 0.486 e. The highest BCUT2D eigenvalue weighted by Gasteiger charge is 2.23. The quantitative estimate of drug-likeness (QED) is 0.611. The van der Waals surface area contributed by atoms with Gasteiger partial charge in [0.1, 0.15) is 12.4 Å². The number of aromatic nitrogens is 6. The Balaban J connectivity index is 1.36. The van der Waals surface area contributed by atoms with Gasteiger partial charge in [0.15, 0.2) is 5.82 Å². The number of nitrogens with zero attached hydrogens (tertiary/aromatic N) is 8. The lowest BCUT2D eigenvalue weighted by Crippen LogP contribution is -2.49. The van der Waals surface area contributed by atoms with Gasteiger partial charge in [0.25, 0.3) is 5.91 Å². The molecular formula is C19H22N8O2. The first kappa shape index (κ1) is 18.8. The van der Waals surface area contributed by atoms with Crippen molar-refractivity contribution in [1.82, 2.24) is 35.1 Å². The van der Waals surface area contributed by atoms with Crippen molar-refractivity contribution in [3.05, 3.63) is 54.1 Å². The third-order valence-electron chi connectivity index (χ3n) is 4.76. The number of hydrogen-bond donors (Lipinski definition) is 0. The van der Waals surface area contributed by atoms with Gasteiger partial charge in [0.05, 0.1) is 0 Å². The lowest BCUT2D eigenvalue weighted by Gasteiger charge is -2.34. The van der Waals surface area contributed by atoms with Crippen LogP contribution in [0.5, 0.6) is 5.75 Å². The average Bonchev–Trinajstić information content (AvgIpc) is 3.26. The van der Waals surface area contributed by atoms with Gasteiger partial charge >= 0.3 is 0 Å². The molecule has 0 atom stereocenters. The van der Waals surface area contributed by atoms with Crippen LogP contribution in [0.1, 0.15) is 23.1 Å². The van der Waals surface area contributed by atoms with E-state index in [0.29, 0.717) is 55.8 Å². The normalized spacial score (nSPS) is 14.1. The number of anilines is 1. The van der Waals surface area contributed by atoms with Crippen molar-refractivity contribution in [3.8, 4) is 5.75 Å². The number of rotatable bonds is 6. The summed E-state index contributed by atoms with van der Waals surface area (Å²) in [6.07, 6.45) is 3.45. The number of aryl methyl sites for hydroxylation is 1. The molecule has 10 heteroatoms. The van der Waals surface area contributed by atoms with E-state index < -0.39 is 0 Å². The molecular weight excluding hydrogens is 372 g/mol. The zero-order valence-electron chi connectivity index (χ0n) is 16.2. The smallest absolute Gasteiger partial charge is 0.254 e. The van der Waals surface area contributed by atoms with Gasteiger partial charge in [-0.05, 0) is 41.6 Å². The highest BCUT2D eigenvalue weighted by Crippen LogP contribution is 2.18. The van der Waals surface area contributed by atoms with Crippen molar-refractivity contribution in [2.45, 2.75) is 20.1 Å². The van der Waals surface area contributed by atoms with E-state index in [1.807, 2.05) is 24.0 Å². The predicted molar refractivity (Wildman–Crippen MR) is 104 cm³/mol. The molecule has 0 N–H and O–H groups in total. The summed E-state index contributed by atoms with van der Waals surface area (Å²) in [7, 11) is 0. The fraction of sp³-hybridized carbons (Fsp3) is 0.368. The Labute approximate surface area is 168 Å². The Morgan fingerprint density at radius 1 is 1.10 bits per heavy atom. The molecule has 0 bridgehead atoms. The molecule has 150 valence electrons. The molecule has 2 aromatic heterocycles. The second-order valence-electron chi connectivity index (χ2n) is 6.56. The summed E-state index contributed by atoms with van der Waals surface area (Å²) in [5.74, 6) is 1.94. The molecule has 4 rings (SSSR count). The molecule has 3 heterocycles. The fourth-order valence-corrected chi connectivity index (χ4v) is 3.19. The van der Waals surface area contributed by atoms with E-state index in [-0.39, 0.29) is 12.5 Å². The lowest BCUT2D eigenvalue weighted by molar-refractivity contribution is 0.0745. The summed E-state index contributed by atoms with van der Waals surface area (Å²) in [6, 6.07) is 9.00. The van der Waals surface area contributed by atoms with Gasteiger partial charge in [-0.1, -0.05) is 6.07 Å². The number of tetrazole rings is 1. The Hall–Kier alpha value is -3.56. The molecule has 0 radical (unpaired) electrons. The van der Waals surface area contributed by atoms with Crippen LogP contribution in [-0.4, -0.2) is 67.2 Å². The van der Waals surface area contributed by atoms with Crippen LogP contribution in [0.2, 0.25) is 0 Å². The highest BCUT2D eigenvalue weighted by atomic mass is 16.5.